The lowest BCUT2D eigenvalue weighted by Crippen LogP contribution is -2.42. The van der Waals surface area contributed by atoms with Crippen molar-refractivity contribution < 1.29 is 4.74 Å². The van der Waals surface area contributed by atoms with Crippen LogP contribution in [0, 0.1) is 0 Å². The van der Waals surface area contributed by atoms with Gasteiger partial charge < -0.3 is 15.0 Å². The maximum absolute atomic E-state index is 5.57. The van der Waals surface area contributed by atoms with Crippen molar-refractivity contribution in [2.45, 2.75) is 13.1 Å². The Balaban J connectivity index is 1.48. The van der Waals surface area contributed by atoms with Crippen LogP contribution in [0.25, 0.3) is 21.5 Å². The molecule has 5 heterocycles. The van der Waals surface area contributed by atoms with E-state index in [-0.39, 0.29) is 0 Å². The van der Waals surface area contributed by atoms with Crippen molar-refractivity contribution in [2.24, 2.45) is 4.99 Å². The molecule has 7 nitrogen and oxygen atoms in total. The van der Waals surface area contributed by atoms with Crippen LogP contribution in [0.3, 0.4) is 0 Å². The van der Waals surface area contributed by atoms with Gasteiger partial charge in [0, 0.05) is 68.7 Å². The number of hydrogen-bond donors (Lipinski definition) is 1. The second-order valence-electron chi connectivity index (χ2n) is 8.28. The van der Waals surface area contributed by atoms with Crippen LogP contribution in [-0.4, -0.2) is 73.6 Å². The number of aromatic nitrogens is 2. The van der Waals surface area contributed by atoms with E-state index in [9.17, 15) is 0 Å². The van der Waals surface area contributed by atoms with Crippen LogP contribution >= 0.6 is 11.3 Å². The minimum atomic E-state index is 0.724. The third-order valence-corrected chi connectivity index (χ3v) is 7.33. The highest BCUT2D eigenvalue weighted by Crippen LogP contribution is 2.37. The van der Waals surface area contributed by atoms with Crippen LogP contribution in [0.4, 0.5) is 5.95 Å². The average molecular weight is 435 g/mol. The van der Waals surface area contributed by atoms with E-state index in [1.54, 1.807) is 11.3 Å². The first-order valence-corrected chi connectivity index (χ1v) is 11.9. The Labute approximate surface area is 185 Å². The number of nitrogens with zero attached hydrogens (tertiary/aromatic N) is 5. The van der Waals surface area contributed by atoms with E-state index in [0.29, 0.717) is 0 Å². The first-order valence-electron chi connectivity index (χ1n) is 11.0. The monoisotopic (exact) mass is 434 g/mol. The molecule has 1 aromatic carbocycles. The molecular weight excluding hydrogens is 408 g/mol. The van der Waals surface area contributed by atoms with Gasteiger partial charge in [-0.15, -0.1) is 11.3 Å². The second kappa shape index (κ2) is 8.27. The lowest BCUT2D eigenvalue weighted by molar-refractivity contribution is 0.122. The molecule has 3 aliphatic rings. The van der Waals surface area contributed by atoms with Crippen molar-refractivity contribution in [3.05, 3.63) is 40.3 Å². The summed E-state index contributed by atoms with van der Waals surface area (Å²) in [4.78, 5) is 19.5. The summed E-state index contributed by atoms with van der Waals surface area (Å²) < 4.78 is 6.74. The summed E-state index contributed by atoms with van der Waals surface area (Å²) in [5.74, 6) is 0.818. The minimum absolute atomic E-state index is 0.724. The van der Waals surface area contributed by atoms with E-state index >= 15 is 0 Å². The molecule has 6 rings (SSSR count). The number of ether oxygens (including phenoxy) is 1. The van der Waals surface area contributed by atoms with Crippen molar-refractivity contribution >= 4 is 33.7 Å². The van der Waals surface area contributed by atoms with E-state index in [1.807, 2.05) is 6.21 Å². The number of anilines is 1. The maximum Gasteiger partial charge on any atom is 0.226 e. The number of nitrogens with one attached hydrogen (secondary N) is 1. The van der Waals surface area contributed by atoms with Crippen LogP contribution in [0.1, 0.15) is 16.7 Å². The number of rotatable bonds is 4. The van der Waals surface area contributed by atoms with Gasteiger partial charge in [0.25, 0.3) is 0 Å². The number of benzene rings is 1. The summed E-state index contributed by atoms with van der Waals surface area (Å²) in [6.45, 7) is 9.06. The molecule has 0 radical (unpaired) electrons. The molecular formula is C23H26N6OS. The lowest BCUT2D eigenvalue weighted by atomic mass is 10.0. The Morgan fingerprint density at radius 1 is 1.06 bits per heavy atom. The quantitative estimate of drug-likeness (QED) is 0.681. The van der Waals surface area contributed by atoms with E-state index < -0.39 is 0 Å². The first kappa shape index (κ1) is 19.3. The minimum Gasteiger partial charge on any atom is -0.378 e. The van der Waals surface area contributed by atoms with E-state index in [2.05, 4.69) is 43.7 Å². The summed E-state index contributed by atoms with van der Waals surface area (Å²) in [6, 6.07) is 6.47. The zero-order valence-corrected chi connectivity index (χ0v) is 18.3. The van der Waals surface area contributed by atoms with Crippen molar-refractivity contribution in [3.63, 3.8) is 0 Å². The number of piperazine rings is 1. The third-order valence-electron chi connectivity index (χ3n) is 6.31. The van der Waals surface area contributed by atoms with Gasteiger partial charge in [-0.2, -0.15) is 0 Å². The van der Waals surface area contributed by atoms with Crippen molar-refractivity contribution in [1.29, 1.82) is 0 Å². The fourth-order valence-corrected chi connectivity index (χ4v) is 5.61. The summed E-state index contributed by atoms with van der Waals surface area (Å²) in [7, 11) is 0. The molecule has 0 saturated carbocycles. The number of morpholine rings is 1. The Bertz CT molecular complexity index is 1130. The molecule has 8 heteroatoms. The molecule has 2 saturated heterocycles. The Hall–Kier alpha value is -2.39. The molecule has 0 atom stereocenters. The molecule has 0 spiro atoms. The predicted molar refractivity (Wildman–Crippen MR) is 125 cm³/mol. The second-order valence-corrected chi connectivity index (χ2v) is 9.16. The lowest BCUT2D eigenvalue weighted by Gasteiger charge is -2.28. The standard InChI is InChI=1S/C23H26N6OS/c1-2-16-12-25-13-19(16)18(3-1)21-22-20(26-23(27-21)29-8-10-30-11-9-29)17(15-31-22)14-28-6-4-24-5-7-28/h1-3,13,15,24H,4-12,14H2. The van der Waals surface area contributed by atoms with Crippen LogP contribution in [0.15, 0.2) is 28.6 Å². The fourth-order valence-electron chi connectivity index (χ4n) is 4.61. The van der Waals surface area contributed by atoms with E-state index in [0.717, 1.165) is 88.3 Å². The maximum atomic E-state index is 5.57. The number of thiophene rings is 1. The summed E-state index contributed by atoms with van der Waals surface area (Å²) >= 11 is 1.77. The van der Waals surface area contributed by atoms with Gasteiger partial charge in [-0.05, 0) is 10.9 Å². The van der Waals surface area contributed by atoms with Crippen molar-refractivity contribution in [2.75, 3.05) is 57.4 Å². The van der Waals surface area contributed by atoms with Crippen LogP contribution < -0.4 is 10.2 Å². The van der Waals surface area contributed by atoms with Gasteiger partial charge in [-0.1, -0.05) is 18.2 Å². The molecule has 3 aliphatic heterocycles. The highest BCUT2D eigenvalue weighted by atomic mass is 32.1. The van der Waals surface area contributed by atoms with Gasteiger partial charge in [0.05, 0.1) is 35.7 Å². The number of hydrogen-bond acceptors (Lipinski definition) is 8. The smallest absolute Gasteiger partial charge is 0.226 e. The van der Waals surface area contributed by atoms with Crippen LogP contribution in [-0.2, 0) is 17.8 Å². The topological polar surface area (TPSA) is 65.9 Å². The first-order chi connectivity index (χ1) is 15.4. The molecule has 1 N–H and O–H groups in total. The average Bonchev–Trinajstić information content (AvgIpc) is 3.47. The van der Waals surface area contributed by atoms with Gasteiger partial charge in [0.15, 0.2) is 0 Å². The molecule has 160 valence electrons. The molecule has 0 unspecified atom stereocenters. The summed E-state index contributed by atoms with van der Waals surface area (Å²) in [6.07, 6.45) is 2.00. The zero-order valence-electron chi connectivity index (χ0n) is 17.5. The van der Waals surface area contributed by atoms with Gasteiger partial charge in [0.1, 0.15) is 0 Å². The van der Waals surface area contributed by atoms with Gasteiger partial charge >= 0.3 is 0 Å². The SMILES string of the molecule is C1=NCc2cccc(-c3nc(N4CCOCC4)nc4c(CN5CCNCC5)csc34)c21. The van der Waals surface area contributed by atoms with Gasteiger partial charge in [-0.3, -0.25) is 9.89 Å². The highest BCUT2D eigenvalue weighted by molar-refractivity contribution is 7.17. The molecule has 2 aromatic heterocycles. The molecule has 0 bridgehead atoms. The normalized spacial score (nSPS) is 19.3. The summed E-state index contributed by atoms with van der Waals surface area (Å²) in [5, 5.41) is 5.73. The van der Waals surface area contributed by atoms with Crippen molar-refractivity contribution in [1.82, 2.24) is 20.2 Å². The molecule has 31 heavy (non-hydrogen) atoms. The third kappa shape index (κ3) is 3.63. The van der Waals surface area contributed by atoms with E-state index in [1.165, 1.54) is 21.4 Å². The Morgan fingerprint density at radius 2 is 1.94 bits per heavy atom. The Kier molecular flexibility index (Phi) is 5.15. The van der Waals surface area contributed by atoms with Gasteiger partial charge in [0.2, 0.25) is 5.95 Å². The number of fused-ring (bicyclic) bond motifs is 2. The predicted octanol–water partition coefficient (Wildman–Crippen LogP) is 2.53. The van der Waals surface area contributed by atoms with Crippen molar-refractivity contribution in [3.8, 4) is 11.3 Å². The van der Waals surface area contributed by atoms with Crippen LogP contribution in [0.2, 0.25) is 0 Å². The van der Waals surface area contributed by atoms with E-state index in [4.69, 9.17) is 14.7 Å². The summed E-state index contributed by atoms with van der Waals surface area (Å²) in [5.41, 5.74) is 7.08. The zero-order chi connectivity index (χ0) is 20.6. The van der Waals surface area contributed by atoms with Crippen LogP contribution in [0.5, 0.6) is 0 Å². The Morgan fingerprint density at radius 3 is 2.81 bits per heavy atom. The van der Waals surface area contributed by atoms with Gasteiger partial charge in [-0.25, -0.2) is 9.97 Å². The molecule has 3 aromatic rings. The largest absolute Gasteiger partial charge is 0.378 e. The molecule has 0 amide bonds. The fraction of sp³-hybridized carbons (Fsp3) is 0.435. The number of aliphatic imine (C=N–C) groups is 1. The highest BCUT2D eigenvalue weighted by Gasteiger charge is 2.23. The molecule has 2 fully saturated rings. The molecule has 0 aliphatic carbocycles.